The van der Waals surface area contributed by atoms with E-state index in [1.807, 2.05) is 24.3 Å². The molecule has 0 bridgehead atoms. The van der Waals surface area contributed by atoms with Gasteiger partial charge in [0.15, 0.2) is 0 Å². The van der Waals surface area contributed by atoms with Gasteiger partial charge in [0.25, 0.3) is 0 Å². The number of piperazine rings is 1. The molecule has 3 rings (SSSR count). The average Bonchev–Trinajstić information content (AvgIpc) is 2.62. The first kappa shape index (κ1) is 18.7. The maximum atomic E-state index is 10.7. The van der Waals surface area contributed by atoms with E-state index >= 15 is 0 Å². The van der Waals surface area contributed by atoms with Crippen molar-refractivity contribution in [3.05, 3.63) is 48.5 Å². The second kappa shape index (κ2) is 8.48. The summed E-state index contributed by atoms with van der Waals surface area (Å²) in [6.07, 6.45) is -0.796. The molecule has 1 heterocycles. The van der Waals surface area contributed by atoms with Gasteiger partial charge in [-0.2, -0.15) is 0 Å². The third-order valence-corrected chi connectivity index (χ3v) is 4.14. The molecule has 1 saturated heterocycles. The molecule has 7 heteroatoms. The fourth-order valence-corrected chi connectivity index (χ4v) is 2.86. The molecule has 0 aromatic heterocycles. The fraction of sp³-hybridized carbons (Fsp3) is 0.278. The number of ether oxygens (including phenoxy) is 2. The smallest absolute Gasteiger partial charge is 0.409 e. The Balaban J connectivity index is 0.00000225. The summed E-state index contributed by atoms with van der Waals surface area (Å²) in [6, 6.07) is 15.6. The summed E-state index contributed by atoms with van der Waals surface area (Å²) in [7, 11) is 1.67. The topological polar surface area (TPSA) is 68.0 Å². The van der Waals surface area contributed by atoms with E-state index in [2.05, 4.69) is 21.9 Å². The van der Waals surface area contributed by atoms with Crippen LogP contribution in [0.15, 0.2) is 48.5 Å². The van der Waals surface area contributed by atoms with E-state index in [-0.39, 0.29) is 12.4 Å². The van der Waals surface area contributed by atoms with Crippen molar-refractivity contribution in [3.63, 3.8) is 0 Å². The van der Waals surface area contributed by atoms with Gasteiger partial charge in [0.1, 0.15) is 11.5 Å². The number of anilines is 2. The van der Waals surface area contributed by atoms with Crippen LogP contribution >= 0.6 is 12.4 Å². The summed E-state index contributed by atoms with van der Waals surface area (Å²) in [6.45, 7) is 3.77. The van der Waals surface area contributed by atoms with Gasteiger partial charge < -0.3 is 25.0 Å². The average molecular weight is 364 g/mol. The number of carbonyl (C=O) groups excluding carboxylic acids is 1. The molecule has 0 radical (unpaired) electrons. The van der Waals surface area contributed by atoms with Gasteiger partial charge >= 0.3 is 6.09 Å². The van der Waals surface area contributed by atoms with E-state index in [0.29, 0.717) is 5.75 Å². The number of nitrogens with zero attached hydrogens (tertiary/aromatic N) is 2. The lowest BCUT2D eigenvalue weighted by molar-refractivity contribution is 0.211. The summed E-state index contributed by atoms with van der Waals surface area (Å²) < 4.78 is 10.1. The van der Waals surface area contributed by atoms with Crippen molar-refractivity contribution in [1.82, 2.24) is 0 Å². The number of hydrogen-bond acceptors (Lipinski definition) is 5. The van der Waals surface area contributed by atoms with Crippen LogP contribution in [0, 0.1) is 0 Å². The molecule has 134 valence electrons. The predicted molar refractivity (Wildman–Crippen MR) is 101 cm³/mol. The molecule has 6 nitrogen and oxygen atoms in total. The molecular formula is C18H22ClN3O3. The number of carbonyl (C=O) groups is 1. The summed E-state index contributed by atoms with van der Waals surface area (Å²) in [5.74, 6) is 1.33. The minimum absolute atomic E-state index is 0. The number of amides is 1. The second-order valence-electron chi connectivity index (χ2n) is 5.59. The van der Waals surface area contributed by atoms with Crippen LogP contribution < -0.4 is 25.0 Å². The number of methoxy groups -OCH3 is 1. The molecule has 1 amide bonds. The molecule has 0 spiro atoms. The number of halogens is 1. The second-order valence-corrected chi connectivity index (χ2v) is 5.59. The fourth-order valence-electron chi connectivity index (χ4n) is 2.86. The summed E-state index contributed by atoms with van der Waals surface area (Å²) in [5.41, 5.74) is 7.33. The first-order chi connectivity index (χ1) is 11.7. The molecule has 1 aliphatic rings. The molecule has 0 atom stereocenters. The minimum atomic E-state index is -0.796. The molecule has 25 heavy (non-hydrogen) atoms. The van der Waals surface area contributed by atoms with Gasteiger partial charge in [-0.05, 0) is 48.5 Å². The van der Waals surface area contributed by atoms with Crippen molar-refractivity contribution in [3.8, 4) is 11.5 Å². The number of nitrogens with two attached hydrogens (primary N) is 1. The molecule has 0 saturated carbocycles. The van der Waals surface area contributed by atoms with Crippen LogP contribution in [0.3, 0.4) is 0 Å². The van der Waals surface area contributed by atoms with Crippen LogP contribution in [0.1, 0.15) is 0 Å². The molecule has 2 N–H and O–H groups in total. The van der Waals surface area contributed by atoms with Crippen molar-refractivity contribution >= 4 is 29.9 Å². The van der Waals surface area contributed by atoms with E-state index in [4.69, 9.17) is 15.2 Å². The number of primary amides is 1. The Hall–Kier alpha value is -2.60. The van der Waals surface area contributed by atoms with Crippen LogP contribution in [-0.2, 0) is 0 Å². The number of hydrogen-bond donors (Lipinski definition) is 1. The molecule has 2 aromatic carbocycles. The van der Waals surface area contributed by atoms with E-state index in [1.165, 1.54) is 5.69 Å². The Morgan fingerprint density at radius 3 is 1.60 bits per heavy atom. The maximum absolute atomic E-state index is 10.7. The summed E-state index contributed by atoms with van der Waals surface area (Å²) >= 11 is 0. The van der Waals surface area contributed by atoms with Crippen LogP contribution in [0.5, 0.6) is 11.5 Å². The predicted octanol–water partition coefficient (Wildman–Crippen LogP) is 2.90. The van der Waals surface area contributed by atoms with Gasteiger partial charge in [-0.15, -0.1) is 12.4 Å². The van der Waals surface area contributed by atoms with Crippen LogP contribution in [0.2, 0.25) is 0 Å². The van der Waals surface area contributed by atoms with Crippen molar-refractivity contribution in [2.45, 2.75) is 0 Å². The van der Waals surface area contributed by atoms with Crippen molar-refractivity contribution in [2.75, 3.05) is 43.1 Å². The van der Waals surface area contributed by atoms with Crippen molar-refractivity contribution < 1.29 is 14.3 Å². The Bertz CT molecular complexity index is 684. The first-order valence-corrected chi connectivity index (χ1v) is 7.87. The van der Waals surface area contributed by atoms with Crippen LogP contribution in [0.25, 0.3) is 0 Å². The molecule has 2 aromatic rings. The minimum Gasteiger partial charge on any atom is -0.497 e. The zero-order valence-corrected chi connectivity index (χ0v) is 14.9. The zero-order chi connectivity index (χ0) is 16.9. The summed E-state index contributed by atoms with van der Waals surface area (Å²) in [5, 5.41) is 0. The highest BCUT2D eigenvalue weighted by atomic mass is 35.5. The third-order valence-electron chi connectivity index (χ3n) is 4.14. The van der Waals surface area contributed by atoms with Crippen molar-refractivity contribution in [2.24, 2.45) is 5.73 Å². The standard InChI is InChI=1S/C18H21N3O3.ClH/c1-23-16-6-2-14(3-7-16)20-10-12-21(13-11-20)15-4-8-17(9-5-15)24-18(19)22;/h2-9H,10-13H2,1H3,(H2,19,22);1H. The normalized spacial score (nSPS) is 13.8. The third kappa shape index (κ3) is 4.70. The lowest BCUT2D eigenvalue weighted by Crippen LogP contribution is -2.46. The van der Waals surface area contributed by atoms with Gasteiger partial charge in [-0.3, -0.25) is 0 Å². The van der Waals surface area contributed by atoms with Gasteiger partial charge in [-0.1, -0.05) is 0 Å². The molecule has 0 unspecified atom stereocenters. The van der Waals surface area contributed by atoms with E-state index < -0.39 is 6.09 Å². The first-order valence-electron chi connectivity index (χ1n) is 7.87. The van der Waals surface area contributed by atoms with Crippen molar-refractivity contribution in [1.29, 1.82) is 0 Å². The highest BCUT2D eigenvalue weighted by Crippen LogP contribution is 2.24. The highest BCUT2D eigenvalue weighted by Gasteiger charge is 2.17. The lowest BCUT2D eigenvalue weighted by Gasteiger charge is -2.37. The lowest BCUT2D eigenvalue weighted by atomic mass is 10.2. The molecular weight excluding hydrogens is 342 g/mol. The Labute approximate surface area is 153 Å². The molecule has 0 aliphatic carbocycles. The Kier molecular flexibility index (Phi) is 6.36. The Morgan fingerprint density at radius 2 is 1.24 bits per heavy atom. The largest absolute Gasteiger partial charge is 0.497 e. The van der Waals surface area contributed by atoms with E-state index in [1.54, 1.807) is 19.2 Å². The van der Waals surface area contributed by atoms with Crippen LogP contribution in [0.4, 0.5) is 16.2 Å². The molecule has 1 fully saturated rings. The van der Waals surface area contributed by atoms with E-state index in [9.17, 15) is 4.79 Å². The number of rotatable bonds is 4. The Morgan fingerprint density at radius 1 is 0.840 bits per heavy atom. The quantitative estimate of drug-likeness (QED) is 0.904. The monoisotopic (exact) mass is 363 g/mol. The maximum Gasteiger partial charge on any atom is 0.409 e. The highest BCUT2D eigenvalue weighted by molar-refractivity contribution is 5.85. The van der Waals surface area contributed by atoms with Gasteiger partial charge in [0, 0.05) is 37.6 Å². The van der Waals surface area contributed by atoms with Gasteiger partial charge in [0.05, 0.1) is 7.11 Å². The SMILES string of the molecule is COc1ccc(N2CCN(c3ccc(OC(N)=O)cc3)CC2)cc1.Cl. The molecule has 1 aliphatic heterocycles. The zero-order valence-electron chi connectivity index (χ0n) is 14.1. The number of benzene rings is 2. The summed E-state index contributed by atoms with van der Waals surface area (Å²) in [4.78, 5) is 15.4. The van der Waals surface area contributed by atoms with Gasteiger partial charge in [0.2, 0.25) is 0 Å². The van der Waals surface area contributed by atoms with E-state index in [0.717, 1.165) is 37.6 Å². The van der Waals surface area contributed by atoms with Gasteiger partial charge in [-0.25, -0.2) is 4.79 Å². The van der Waals surface area contributed by atoms with Crippen LogP contribution in [-0.4, -0.2) is 39.4 Å².